The number of rotatable bonds is 3. The number of hydrogen-bond acceptors (Lipinski definition) is 4. The van der Waals surface area contributed by atoms with Crippen molar-refractivity contribution in [3.05, 3.63) is 36.2 Å². The van der Waals surface area contributed by atoms with Gasteiger partial charge in [0.15, 0.2) is 5.82 Å². The van der Waals surface area contributed by atoms with Gasteiger partial charge >= 0.3 is 0 Å². The summed E-state index contributed by atoms with van der Waals surface area (Å²) in [7, 11) is 0. The van der Waals surface area contributed by atoms with Crippen molar-refractivity contribution in [2.75, 3.05) is 13.1 Å². The first-order valence-corrected chi connectivity index (χ1v) is 6.88. The van der Waals surface area contributed by atoms with Crippen molar-refractivity contribution >= 4 is 0 Å². The Kier molecular flexibility index (Phi) is 3.55. The molecule has 0 aliphatic carbocycles. The maximum absolute atomic E-state index is 4.17. The summed E-state index contributed by atoms with van der Waals surface area (Å²) in [4.78, 5) is 2.44. The zero-order valence-corrected chi connectivity index (χ0v) is 11.2. The summed E-state index contributed by atoms with van der Waals surface area (Å²) in [5, 5.41) is 12.1. The highest BCUT2D eigenvalue weighted by molar-refractivity contribution is 5.30. The average Bonchev–Trinajstić information content (AvgIpc) is 2.88. The number of tetrazole rings is 1. The van der Waals surface area contributed by atoms with Crippen LogP contribution in [0.25, 0.3) is 5.69 Å². The highest BCUT2D eigenvalue weighted by Crippen LogP contribution is 2.17. The molecule has 1 aromatic carbocycles. The molecule has 100 valence electrons. The van der Waals surface area contributed by atoms with Crippen molar-refractivity contribution in [2.45, 2.75) is 26.3 Å². The summed E-state index contributed by atoms with van der Waals surface area (Å²) in [5.41, 5.74) is 1.02. The Morgan fingerprint density at radius 2 is 2.11 bits per heavy atom. The number of aromatic nitrogens is 4. The minimum atomic E-state index is 0.773. The van der Waals surface area contributed by atoms with Crippen LogP contribution in [0.1, 0.15) is 25.6 Å². The third-order valence-electron chi connectivity index (χ3n) is 3.64. The Bertz CT molecular complexity index is 522. The van der Waals surface area contributed by atoms with Crippen LogP contribution in [0.2, 0.25) is 0 Å². The number of likely N-dealkylation sites (tertiary alicyclic amines) is 1. The number of piperidine rings is 1. The van der Waals surface area contributed by atoms with Gasteiger partial charge in [-0.3, -0.25) is 4.90 Å². The van der Waals surface area contributed by atoms with Crippen molar-refractivity contribution in [1.29, 1.82) is 0 Å². The van der Waals surface area contributed by atoms with E-state index in [2.05, 4.69) is 27.3 Å². The molecule has 1 aromatic heterocycles. The third kappa shape index (κ3) is 2.81. The topological polar surface area (TPSA) is 46.8 Å². The number of nitrogens with zero attached hydrogens (tertiary/aromatic N) is 5. The molecular weight excluding hydrogens is 238 g/mol. The molecule has 1 atom stereocenters. The van der Waals surface area contributed by atoms with Crippen molar-refractivity contribution in [2.24, 2.45) is 5.92 Å². The second-order valence-electron chi connectivity index (χ2n) is 5.32. The largest absolute Gasteiger partial charge is 0.296 e. The summed E-state index contributed by atoms with van der Waals surface area (Å²) in [6, 6.07) is 10.1. The molecule has 1 aliphatic heterocycles. The molecule has 0 saturated carbocycles. The first kappa shape index (κ1) is 12.3. The van der Waals surface area contributed by atoms with E-state index in [1.807, 2.05) is 35.0 Å². The quantitative estimate of drug-likeness (QED) is 0.842. The van der Waals surface area contributed by atoms with Gasteiger partial charge < -0.3 is 0 Å². The van der Waals surface area contributed by atoms with Crippen LogP contribution in [0, 0.1) is 5.92 Å². The molecule has 0 radical (unpaired) electrons. The highest BCUT2D eigenvalue weighted by atomic mass is 15.5. The standard InChI is InChI=1S/C14H19N5/c1-12-6-5-9-18(10-12)11-14-15-16-17-19(14)13-7-3-2-4-8-13/h2-4,7-8,12H,5-6,9-11H2,1H3/t12-/m1/s1. The fourth-order valence-corrected chi connectivity index (χ4v) is 2.70. The summed E-state index contributed by atoms with van der Waals surface area (Å²) < 4.78 is 1.83. The molecular formula is C14H19N5. The van der Waals surface area contributed by atoms with Crippen molar-refractivity contribution < 1.29 is 0 Å². The SMILES string of the molecule is C[C@@H]1CCCN(Cc2nnnn2-c2ccccc2)C1. The van der Waals surface area contributed by atoms with Crippen LogP contribution >= 0.6 is 0 Å². The van der Waals surface area contributed by atoms with E-state index in [1.54, 1.807) is 0 Å². The Hall–Kier alpha value is -1.75. The van der Waals surface area contributed by atoms with E-state index in [4.69, 9.17) is 0 Å². The Morgan fingerprint density at radius 1 is 1.26 bits per heavy atom. The van der Waals surface area contributed by atoms with Crippen LogP contribution in [0.15, 0.2) is 30.3 Å². The molecule has 5 nitrogen and oxygen atoms in total. The van der Waals surface area contributed by atoms with Gasteiger partial charge in [-0.15, -0.1) is 5.10 Å². The maximum atomic E-state index is 4.17. The van der Waals surface area contributed by atoms with Gasteiger partial charge in [0.1, 0.15) is 0 Å². The number of para-hydroxylation sites is 1. The minimum absolute atomic E-state index is 0.773. The second kappa shape index (κ2) is 5.48. The van der Waals surface area contributed by atoms with Crippen molar-refractivity contribution in [1.82, 2.24) is 25.1 Å². The fourth-order valence-electron chi connectivity index (χ4n) is 2.70. The zero-order valence-electron chi connectivity index (χ0n) is 11.2. The first-order chi connectivity index (χ1) is 9.33. The predicted molar refractivity (Wildman–Crippen MR) is 72.8 cm³/mol. The van der Waals surface area contributed by atoms with Crippen LogP contribution in [-0.4, -0.2) is 38.2 Å². The fraction of sp³-hybridized carbons (Fsp3) is 0.500. The van der Waals surface area contributed by atoms with E-state index >= 15 is 0 Å². The van der Waals surface area contributed by atoms with Gasteiger partial charge in [-0.2, -0.15) is 4.68 Å². The van der Waals surface area contributed by atoms with Crippen molar-refractivity contribution in [3.63, 3.8) is 0 Å². The smallest absolute Gasteiger partial charge is 0.170 e. The van der Waals surface area contributed by atoms with Gasteiger partial charge in [-0.25, -0.2) is 0 Å². The van der Waals surface area contributed by atoms with Crippen LogP contribution in [0.4, 0.5) is 0 Å². The summed E-state index contributed by atoms with van der Waals surface area (Å²) in [6.07, 6.45) is 2.61. The molecule has 0 bridgehead atoms. The van der Waals surface area contributed by atoms with E-state index in [0.29, 0.717) is 0 Å². The third-order valence-corrected chi connectivity index (χ3v) is 3.64. The Labute approximate surface area is 113 Å². The molecule has 0 N–H and O–H groups in total. The number of hydrogen-bond donors (Lipinski definition) is 0. The van der Waals surface area contributed by atoms with Gasteiger partial charge in [-0.05, 0) is 47.9 Å². The minimum Gasteiger partial charge on any atom is -0.296 e. The zero-order chi connectivity index (χ0) is 13.1. The average molecular weight is 257 g/mol. The van der Waals surface area contributed by atoms with Crippen LogP contribution in [0.5, 0.6) is 0 Å². The number of benzene rings is 1. The van der Waals surface area contributed by atoms with E-state index < -0.39 is 0 Å². The first-order valence-electron chi connectivity index (χ1n) is 6.88. The van der Waals surface area contributed by atoms with Crippen molar-refractivity contribution in [3.8, 4) is 5.69 Å². The van der Waals surface area contributed by atoms with E-state index in [0.717, 1.165) is 37.1 Å². The molecule has 0 spiro atoms. The molecule has 2 aromatic rings. The molecule has 1 fully saturated rings. The lowest BCUT2D eigenvalue weighted by atomic mass is 10.0. The van der Waals surface area contributed by atoms with Gasteiger partial charge in [0.2, 0.25) is 0 Å². The molecule has 2 heterocycles. The molecule has 0 amide bonds. The van der Waals surface area contributed by atoms with Gasteiger partial charge in [0.25, 0.3) is 0 Å². The molecule has 3 rings (SSSR count). The maximum Gasteiger partial charge on any atom is 0.170 e. The summed E-state index contributed by atoms with van der Waals surface area (Å²) >= 11 is 0. The molecule has 5 heteroatoms. The van der Waals surface area contributed by atoms with Crippen LogP contribution in [-0.2, 0) is 6.54 Å². The van der Waals surface area contributed by atoms with E-state index in [1.165, 1.54) is 12.8 Å². The van der Waals surface area contributed by atoms with E-state index in [-0.39, 0.29) is 0 Å². The molecule has 1 saturated heterocycles. The summed E-state index contributed by atoms with van der Waals surface area (Å²) in [6.45, 7) is 5.42. The highest BCUT2D eigenvalue weighted by Gasteiger charge is 2.19. The normalized spacial score (nSPS) is 20.6. The molecule has 1 aliphatic rings. The van der Waals surface area contributed by atoms with Gasteiger partial charge in [-0.1, -0.05) is 25.1 Å². The lowest BCUT2D eigenvalue weighted by molar-refractivity contribution is 0.171. The molecule has 19 heavy (non-hydrogen) atoms. The Balaban J connectivity index is 1.77. The van der Waals surface area contributed by atoms with E-state index in [9.17, 15) is 0 Å². The Morgan fingerprint density at radius 3 is 2.89 bits per heavy atom. The van der Waals surface area contributed by atoms with Crippen LogP contribution < -0.4 is 0 Å². The second-order valence-corrected chi connectivity index (χ2v) is 5.32. The predicted octanol–water partition coefficient (Wildman–Crippen LogP) is 1.89. The molecule has 0 unspecified atom stereocenters. The van der Waals surface area contributed by atoms with Gasteiger partial charge in [0, 0.05) is 6.54 Å². The van der Waals surface area contributed by atoms with Crippen LogP contribution in [0.3, 0.4) is 0 Å². The summed E-state index contributed by atoms with van der Waals surface area (Å²) in [5.74, 6) is 1.69. The van der Waals surface area contributed by atoms with Gasteiger partial charge in [0.05, 0.1) is 12.2 Å². The lowest BCUT2D eigenvalue weighted by Gasteiger charge is -2.30. The lowest BCUT2D eigenvalue weighted by Crippen LogP contribution is -2.34. The monoisotopic (exact) mass is 257 g/mol.